The Morgan fingerprint density at radius 2 is 2.04 bits per heavy atom. The second-order valence-corrected chi connectivity index (χ2v) is 8.21. The van der Waals surface area contributed by atoms with Gasteiger partial charge in [-0.15, -0.1) is 0 Å². The van der Waals surface area contributed by atoms with Gasteiger partial charge in [0.25, 0.3) is 0 Å². The van der Waals surface area contributed by atoms with Gasteiger partial charge in [-0.3, -0.25) is 4.90 Å². The summed E-state index contributed by atoms with van der Waals surface area (Å²) in [7, 11) is 0. The monoisotopic (exact) mass is 339 g/mol. The lowest BCUT2D eigenvalue weighted by Gasteiger charge is -2.41. The van der Waals surface area contributed by atoms with Gasteiger partial charge in [-0.1, -0.05) is 6.42 Å². The first-order valence-electron chi connectivity index (χ1n) is 9.50. The van der Waals surface area contributed by atoms with Crippen molar-refractivity contribution in [2.45, 2.75) is 69.6 Å². The van der Waals surface area contributed by atoms with Crippen LogP contribution in [0, 0.1) is 0 Å². The van der Waals surface area contributed by atoms with Crippen molar-refractivity contribution in [1.29, 1.82) is 0 Å². The van der Waals surface area contributed by atoms with Crippen LogP contribution in [0.3, 0.4) is 0 Å². The summed E-state index contributed by atoms with van der Waals surface area (Å²) in [6, 6.07) is 0.125. The van der Waals surface area contributed by atoms with Gasteiger partial charge in [0, 0.05) is 37.8 Å². The summed E-state index contributed by atoms with van der Waals surface area (Å²) < 4.78 is 11.4. The van der Waals surface area contributed by atoms with Crippen LogP contribution < -0.4 is 10.6 Å². The third-order valence-corrected chi connectivity index (χ3v) is 5.79. The number of nitrogens with zero attached hydrogens (tertiary/aromatic N) is 1. The standard InChI is InChI=1S/C18H33N3O3/c1-17(2,21-8-4-3-5-9-21)13-19-16(22)20-15-6-10-24-18(12-15)7-11-23-14-18/h15H,3-14H2,1-2H3,(H2,19,20,22)/t15-,18+/m1/s1. The second kappa shape index (κ2) is 7.58. The zero-order valence-corrected chi connectivity index (χ0v) is 15.2. The average Bonchev–Trinajstić information content (AvgIpc) is 3.01. The molecule has 0 aromatic carbocycles. The fourth-order valence-corrected chi connectivity index (χ4v) is 4.16. The van der Waals surface area contributed by atoms with Gasteiger partial charge in [-0.2, -0.15) is 0 Å². The van der Waals surface area contributed by atoms with Crippen LogP contribution in [-0.2, 0) is 9.47 Å². The molecule has 1 spiro atoms. The number of amides is 2. The number of urea groups is 1. The van der Waals surface area contributed by atoms with Gasteiger partial charge in [0.15, 0.2) is 0 Å². The van der Waals surface area contributed by atoms with E-state index in [0.717, 1.165) is 39.0 Å². The molecule has 2 atom stereocenters. The minimum atomic E-state index is -0.163. The highest BCUT2D eigenvalue weighted by atomic mass is 16.6. The van der Waals surface area contributed by atoms with E-state index in [9.17, 15) is 4.79 Å². The largest absolute Gasteiger partial charge is 0.378 e. The lowest BCUT2D eigenvalue weighted by atomic mass is 9.90. The van der Waals surface area contributed by atoms with E-state index in [2.05, 4.69) is 29.4 Å². The van der Waals surface area contributed by atoms with Crippen molar-refractivity contribution in [3.05, 3.63) is 0 Å². The van der Waals surface area contributed by atoms with E-state index >= 15 is 0 Å². The Morgan fingerprint density at radius 1 is 1.25 bits per heavy atom. The first kappa shape index (κ1) is 18.0. The molecule has 0 aromatic heterocycles. The molecule has 3 fully saturated rings. The van der Waals surface area contributed by atoms with Gasteiger partial charge in [0.2, 0.25) is 0 Å². The normalized spacial score (nSPS) is 32.0. The summed E-state index contributed by atoms with van der Waals surface area (Å²) in [6.45, 7) is 9.52. The van der Waals surface area contributed by atoms with Crippen LogP contribution in [0.15, 0.2) is 0 Å². The van der Waals surface area contributed by atoms with Crippen molar-refractivity contribution in [2.75, 3.05) is 39.5 Å². The lowest BCUT2D eigenvalue weighted by Crippen LogP contribution is -2.56. The number of rotatable bonds is 4. The summed E-state index contributed by atoms with van der Waals surface area (Å²) in [5, 5.41) is 6.22. The maximum Gasteiger partial charge on any atom is 0.315 e. The maximum absolute atomic E-state index is 12.3. The van der Waals surface area contributed by atoms with Gasteiger partial charge in [-0.05, 0) is 52.6 Å². The molecule has 6 nitrogen and oxygen atoms in total. The number of piperidine rings is 1. The average molecular weight is 339 g/mol. The number of nitrogens with one attached hydrogen (secondary N) is 2. The molecule has 0 radical (unpaired) electrons. The third kappa shape index (κ3) is 4.41. The number of carbonyl (C=O) groups is 1. The molecule has 3 aliphatic heterocycles. The molecule has 2 N–H and O–H groups in total. The smallest absolute Gasteiger partial charge is 0.315 e. The van der Waals surface area contributed by atoms with E-state index in [1.165, 1.54) is 19.3 Å². The van der Waals surface area contributed by atoms with Crippen LogP contribution in [0.5, 0.6) is 0 Å². The first-order valence-corrected chi connectivity index (χ1v) is 9.50. The Labute approximate surface area is 145 Å². The van der Waals surface area contributed by atoms with Crippen molar-refractivity contribution >= 4 is 6.03 Å². The molecule has 0 unspecified atom stereocenters. The van der Waals surface area contributed by atoms with Gasteiger partial charge in [0.1, 0.15) is 0 Å². The van der Waals surface area contributed by atoms with Crippen molar-refractivity contribution in [3.8, 4) is 0 Å². The Bertz CT molecular complexity index is 429. The second-order valence-electron chi connectivity index (χ2n) is 8.21. The molecule has 3 rings (SSSR count). The number of ether oxygens (including phenoxy) is 2. The van der Waals surface area contributed by atoms with Gasteiger partial charge in [-0.25, -0.2) is 4.79 Å². The molecule has 138 valence electrons. The van der Waals surface area contributed by atoms with Gasteiger partial charge < -0.3 is 20.1 Å². The molecule has 24 heavy (non-hydrogen) atoms. The molecule has 0 bridgehead atoms. The topological polar surface area (TPSA) is 62.8 Å². The van der Waals surface area contributed by atoms with E-state index in [1.807, 2.05) is 0 Å². The van der Waals surface area contributed by atoms with E-state index in [1.54, 1.807) is 0 Å². The summed E-state index contributed by atoms with van der Waals surface area (Å²) in [4.78, 5) is 14.8. The molecular formula is C18H33N3O3. The van der Waals surface area contributed by atoms with Crippen molar-refractivity contribution in [3.63, 3.8) is 0 Å². The first-order chi connectivity index (χ1) is 11.5. The molecule has 6 heteroatoms. The number of likely N-dealkylation sites (tertiary alicyclic amines) is 1. The summed E-state index contributed by atoms with van der Waals surface area (Å²) in [5.74, 6) is 0. The summed E-state index contributed by atoms with van der Waals surface area (Å²) >= 11 is 0. The zero-order chi connectivity index (χ0) is 17.0. The molecule has 0 saturated carbocycles. The highest BCUT2D eigenvalue weighted by Gasteiger charge is 2.41. The fraction of sp³-hybridized carbons (Fsp3) is 0.944. The van der Waals surface area contributed by atoms with Crippen LogP contribution >= 0.6 is 0 Å². The Kier molecular flexibility index (Phi) is 5.67. The molecule has 3 heterocycles. The lowest BCUT2D eigenvalue weighted by molar-refractivity contribution is -0.0878. The van der Waals surface area contributed by atoms with Crippen LogP contribution in [0.4, 0.5) is 4.79 Å². The van der Waals surface area contributed by atoms with E-state index in [-0.39, 0.29) is 23.2 Å². The van der Waals surface area contributed by atoms with E-state index < -0.39 is 0 Å². The molecular weight excluding hydrogens is 306 g/mol. The van der Waals surface area contributed by atoms with Crippen molar-refractivity contribution in [1.82, 2.24) is 15.5 Å². The van der Waals surface area contributed by atoms with Crippen LogP contribution in [0.25, 0.3) is 0 Å². The Hall–Kier alpha value is -0.850. The van der Waals surface area contributed by atoms with Gasteiger partial charge in [0.05, 0.1) is 12.2 Å². The highest BCUT2D eigenvalue weighted by Crippen LogP contribution is 2.32. The number of hydrogen-bond acceptors (Lipinski definition) is 4. The predicted molar refractivity (Wildman–Crippen MR) is 93.2 cm³/mol. The van der Waals surface area contributed by atoms with Crippen LogP contribution in [0.1, 0.15) is 52.4 Å². The van der Waals surface area contributed by atoms with Gasteiger partial charge >= 0.3 is 6.03 Å². The fourth-order valence-electron chi connectivity index (χ4n) is 4.16. The van der Waals surface area contributed by atoms with E-state index in [4.69, 9.17) is 9.47 Å². The molecule has 3 saturated heterocycles. The van der Waals surface area contributed by atoms with E-state index in [0.29, 0.717) is 19.8 Å². The number of carbonyl (C=O) groups excluding carboxylic acids is 1. The Morgan fingerprint density at radius 3 is 2.75 bits per heavy atom. The summed E-state index contributed by atoms with van der Waals surface area (Å²) in [6.07, 6.45) is 6.54. The van der Waals surface area contributed by atoms with Crippen LogP contribution in [-0.4, -0.2) is 67.6 Å². The van der Waals surface area contributed by atoms with Crippen molar-refractivity contribution < 1.29 is 14.3 Å². The minimum Gasteiger partial charge on any atom is -0.378 e. The molecule has 0 aromatic rings. The highest BCUT2D eigenvalue weighted by molar-refractivity contribution is 5.74. The molecule has 2 amide bonds. The molecule has 3 aliphatic rings. The third-order valence-electron chi connectivity index (χ3n) is 5.79. The maximum atomic E-state index is 12.3. The SMILES string of the molecule is CC(C)(CNC(=O)N[C@@H]1CCO[C@@]2(CCOC2)C1)N1CCCCC1. The predicted octanol–water partition coefficient (Wildman–Crippen LogP) is 1.89. The van der Waals surface area contributed by atoms with Crippen molar-refractivity contribution in [2.24, 2.45) is 0 Å². The number of hydrogen-bond donors (Lipinski definition) is 2. The van der Waals surface area contributed by atoms with Crippen LogP contribution in [0.2, 0.25) is 0 Å². The summed E-state index contributed by atoms with van der Waals surface area (Å²) in [5.41, 5.74) is -0.156. The Balaban J connectivity index is 1.43. The molecule has 0 aliphatic carbocycles. The zero-order valence-electron chi connectivity index (χ0n) is 15.2. The minimum absolute atomic E-state index is 0.00789. The quantitative estimate of drug-likeness (QED) is 0.821.